The van der Waals surface area contributed by atoms with Crippen molar-refractivity contribution >= 4 is 23.2 Å². The van der Waals surface area contributed by atoms with Crippen LogP contribution in [0.1, 0.15) is 25.0 Å². The molecular formula is C19H20N2O3. The number of rotatable bonds is 3. The number of aryl methyl sites for hydroxylation is 1. The largest absolute Gasteiger partial charge is 0.479 e. The topological polar surface area (TPSA) is 58.6 Å². The van der Waals surface area contributed by atoms with Crippen molar-refractivity contribution in [3.05, 3.63) is 53.6 Å². The number of carbonyl (C=O) groups is 2. The molecule has 124 valence electrons. The summed E-state index contributed by atoms with van der Waals surface area (Å²) in [4.78, 5) is 25.7. The number of fused-ring (bicyclic) bond motifs is 1. The van der Waals surface area contributed by atoms with Gasteiger partial charge in [0.2, 0.25) is 5.91 Å². The molecule has 5 heteroatoms. The lowest BCUT2D eigenvalue weighted by Crippen LogP contribution is -2.44. The Morgan fingerprint density at radius 3 is 2.71 bits per heavy atom. The van der Waals surface area contributed by atoms with Crippen molar-refractivity contribution in [2.75, 3.05) is 10.2 Å². The Morgan fingerprint density at radius 2 is 2.00 bits per heavy atom. The SMILES string of the molecule is CC(=O)Nc1ccc2c(c1)N(Cc1ccccc1C)C(=O)C(C)O2. The van der Waals surface area contributed by atoms with E-state index in [1.165, 1.54) is 6.92 Å². The van der Waals surface area contributed by atoms with E-state index in [4.69, 9.17) is 4.74 Å². The van der Waals surface area contributed by atoms with E-state index in [-0.39, 0.29) is 11.8 Å². The third-order valence-corrected chi connectivity index (χ3v) is 4.08. The van der Waals surface area contributed by atoms with Gasteiger partial charge >= 0.3 is 0 Å². The van der Waals surface area contributed by atoms with E-state index in [1.54, 1.807) is 30.0 Å². The third kappa shape index (κ3) is 3.11. The first kappa shape index (κ1) is 16.1. The zero-order valence-corrected chi connectivity index (χ0v) is 14.0. The van der Waals surface area contributed by atoms with Gasteiger partial charge in [0, 0.05) is 12.6 Å². The molecule has 1 heterocycles. The number of ether oxygens (including phenoxy) is 1. The smallest absolute Gasteiger partial charge is 0.268 e. The fraction of sp³-hybridized carbons (Fsp3) is 0.263. The number of nitrogens with one attached hydrogen (secondary N) is 1. The molecular weight excluding hydrogens is 304 g/mol. The van der Waals surface area contributed by atoms with Crippen LogP contribution in [0.3, 0.4) is 0 Å². The summed E-state index contributed by atoms with van der Waals surface area (Å²) < 4.78 is 5.70. The Kier molecular flexibility index (Phi) is 4.25. The molecule has 1 aliphatic rings. The van der Waals surface area contributed by atoms with E-state index < -0.39 is 6.10 Å². The summed E-state index contributed by atoms with van der Waals surface area (Å²) in [5.41, 5.74) is 3.52. The molecule has 1 aliphatic heterocycles. The van der Waals surface area contributed by atoms with E-state index in [1.807, 2.05) is 31.2 Å². The van der Waals surface area contributed by atoms with Crippen molar-refractivity contribution in [3.8, 4) is 5.75 Å². The summed E-state index contributed by atoms with van der Waals surface area (Å²) in [6.07, 6.45) is -0.534. The van der Waals surface area contributed by atoms with Gasteiger partial charge in [-0.15, -0.1) is 0 Å². The number of anilines is 2. The first-order valence-electron chi connectivity index (χ1n) is 7.90. The number of benzene rings is 2. The minimum absolute atomic E-state index is 0.0919. The van der Waals surface area contributed by atoms with Crippen molar-refractivity contribution in [2.45, 2.75) is 33.4 Å². The second-order valence-corrected chi connectivity index (χ2v) is 5.97. The average molecular weight is 324 g/mol. The maximum Gasteiger partial charge on any atom is 0.268 e. The molecule has 1 atom stereocenters. The van der Waals surface area contributed by atoms with Gasteiger partial charge in [0.1, 0.15) is 5.75 Å². The summed E-state index contributed by atoms with van der Waals surface area (Å²) in [6.45, 7) is 5.69. The Morgan fingerprint density at radius 1 is 1.25 bits per heavy atom. The van der Waals surface area contributed by atoms with Crippen molar-refractivity contribution in [1.29, 1.82) is 0 Å². The van der Waals surface area contributed by atoms with E-state index in [2.05, 4.69) is 5.32 Å². The molecule has 0 aliphatic carbocycles. The molecule has 0 radical (unpaired) electrons. The highest BCUT2D eigenvalue weighted by Crippen LogP contribution is 2.37. The van der Waals surface area contributed by atoms with Crippen molar-refractivity contribution in [2.24, 2.45) is 0 Å². The van der Waals surface area contributed by atoms with Crippen molar-refractivity contribution < 1.29 is 14.3 Å². The van der Waals surface area contributed by atoms with Gasteiger partial charge in [0.05, 0.1) is 12.2 Å². The molecule has 0 saturated carbocycles. The molecule has 2 amide bonds. The lowest BCUT2D eigenvalue weighted by molar-refractivity contribution is -0.125. The van der Waals surface area contributed by atoms with Crippen LogP contribution in [0.5, 0.6) is 5.75 Å². The molecule has 0 spiro atoms. The van der Waals surface area contributed by atoms with Gasteiger partial charge in [-0.05, 0) is 43.2 Å². The number of hydrogen-bond acceptors (Lipinski definition) is 3. The Labute approximate surface area is 141 Å². The standard InChI is InChI=1S/C19H20N2O3/c1-12-6-4-5-7-15(12)11-21-17-10-16(20-14(3)22)8-9-18(17)24-13(2)19(21)23/h4-10,13H,11H2,1-3H3,(H,20,22). The maximum absolute atomic E-state index is 12.7. The second-order valence-electron chi connectivity index (χ2n) is 5.97. The molecule has 5 nitrogen and oxygen atoms in total. The van der Waals surface area contributed by atoms with Crippen molar-refractivity contribution in [3.63, 3.8) is 0 Å². The van der Waals surface area contributed by atoms with Crippen LogP contribution in [0, 0.1) is 6.92 Å². The van der Waals surface area contributed by atoms with Crippen LogP contribution in [0.15, 0.2) is 42.5 Å². The lowest BCUT2D eigenvalue weighted by atomic mass is 10.1. The minimum atomic E-state index is -0.534. The van der Waals surface area contributed by atoms with Gasteiger partial charge in [0.15, 0.2) is 6.10 Å². The summed E-state index contributed by atoms with van der Waals surface area (Å²) >= 11 is 0. The first-order valence-corrected chi connectivity index (χ1v) is 7.90. The molecule has 3 rings (SSSR count). The zero-order chi connectivity index (χ0) is 17.3. The Balaban J connectivity index is 2.00. The number of amides is 2. The van der Waals surface area contributed by atoms with Crippen LogP contribution < -0.4 is 15.0 Å². The highest BCUT2D eigenvalue weighted by Gasteiger charge is 2.32. The molecule has 0 bridgehead atoms. The molecule has 1 N–H and O–H groups in total. The van der Waals surface area contributed by atoms with E-state index in [0.29, 0.717) is 23.7 Å². The van der Waals surface area contributed by atoms with Gasteiger partial charge in [-0.2, -0.15) is 0 Å². The molecule has 1 unspecified atom stereocenters. The fourth-order valence-electron chi connectivity index (χ4n) is 2.81. The highest BCUT2D eigenvalue weighted by atomic mass is 16.5. The quantitative estimate of drug-likeness (QED) is 0.943. The number of nitrogens with zero attached hydrogens (tertiary/aromatic N) is 1. The van der Waals surface area contributed by atoms with Crippen LogP contribution in [-0.2, 0) is 16.1 Å². The summed E-state index contributed by atoms with van der Waals surface area (Å²) in [6, 6.07) is 13.3. The molecule has 0 aromatic heterocycles. The molecule has 2 aromatic carbocycles. The zero-order valence-electron chi connectivity index (χ0n) is 14.0. The van der Waals surface area contributed by atoms with Crippen LogP contribution in [0.4, 0.5) is 11.4 Å². The van der Waals surface area contributed by atoms with Crippen molar-refractivity contribution in [1.82, 2.24) is 0 Å². The normalized spacial score (nSPS) is 16.4. The molecule has 0 saturated heterocycles. The van der Waals surface area contributed by atoms with Gasteiger partial charge in [-0.25, -0.2) is 0 Å². The van der Waals surface area contributed by atoms with E-state index >= 15 is 0 Å². The Hall–Kier alpha value is -2.82. The predicted molar refractivity (Wildman–Crippen MR) is 93.2 cm³/mol. The summed E-state index contributed by atoms with van der Waals surface area (Å²) in [5, 5.41) is 2.74. The number of hydrogen-bond donors (Lipinski definition) is 1. The molecule has 0 fully saturated rings. The Bertz CT molecular complexity index is 801. The minimum Gasteiger partial charge on any atom is -0.479 e. The van der Waals surface area contributed by atoms with Crippen LogP contribution in [0.25, 0.3) is 0 Å². The first-order chi connectivity index (χ1) is 11.5. The molecule has 24 heavy (non-hydrogen) atoms. The van der Waals surface area contributed by atoms with Gasteiger partial charge in [-0.3, -0.25) is 9.59 Å². The fourth-order valence-corrected chi connectivity index (χ4v) is 2.81. The third-order valence-electron chi connectivity index (χ3n) is 4.08. The maximum atomic E-state index is 12.7. The second kappa shape index (κ2) is 6.35. The molecule has 2 aromatic rings. The van der Waals surface area contributed by atoms with Crippen LogP contribution in [-0.4, -0.2) is 17.9 Å². The van der Waals surface area contributed by atoms with Gasteiger partial charge in [0.25, 0.3) is 5.91 Å². The number of carbonyl (C=O) groups excluding carboxylic acids is 2. The van der Waals surface area contributed by atoms with Gasteiger partial charge < -0.3 is 15.0 Å². The monoisotopic (exact) mass is 324 g/mol. The average Bonchev–Trinajstić information content (AvgIpc) is 2.53. The van der Waals surface area contributed by atoms with Gasteiger partial charge in [-0.1, -0.05) is 24.3 Å². The summed E-state index contributed by atoms with van der Waals surface area (Å²) in [5.74, 6) is 0.396. The predicted octanol–water partition coefficient (Wildman–Crippen LogP) is 3.27. The lowest BCUT2D eigenvalue weighted by Gasteiger charge is -2.33. The van der Waals surface area contributed by atoms with Crippen LogP contribution in [0.2, 0.25) is 0 Å². The van der Waals surface area contributed by atoms with Crippen LogP contribution >= 0.6 is 0 Å². The summed E-state index contributed by atoms with van der Waals surface area (Å²) in [7, 11) is 0. The van der Waals surface area contributed by atoms with E-state index in [0.717, 1.165) is 11.1 Å². The van der Waals surface area contributed by atoms with E-state index in [9.17, 15) is 9.59 Å². The highest BCUT2D eigenvalue weighted by molar-refractivity contribution is 6.01.